The second-order valence-electron chi connectivity index (χ2n) is 2.91. The van der Waals surface area contributed by atoms with E-state index in [1.165, 1.54) is 12.8 Å². The maximum absolute atomic E-state index is 3.22. The smallest absolute Gasteiger partial charge is 0.0245 e. The Balaban J connectivity index is 0.000000396. The molecule has 0 heterocycles. The fraction of sp³-hybridized carbons (Fsp3) is 0.231. The van der Waals surface area contributed by atoms with Crippen LogP contribution in [0.15, 0.2) is 43.5 Å². The van der Waals surface area contributed by atoms with Gasteiger partial charge in [-0.25, -0.2) is 0 Å². The van der Waals surface area contributed by atoms with Gasteiger partial charge in [0.1, 0.15) is 0 Å². The third-order valence-electron chi connectivity index (χ3n) is 1.77. The van der Waals surface area contributed by atoms with Gasteiger partial charge in [0.2, 0.25) is 0 Å². The largest absolute Gasteiger partial charge is 0.106 e. The van der Waals surface area contributed by atoms with Crippen molar-refractivity contribution in [1.82, 2.24) is 0 Å². The fourth-order valence-electron chi connectivity index (χ4n) is 0.935. The van der Waals surface area contributed by atoms with Gasteiger partial charge in [0.25, 0.3) is 0 Å². The van der Waals surface area contributed by atoms with Crippen LogP contribution in [0.1, 0.15) is 18.4 Å². The van der Waals surface area contributed by atoms with E-state index in [0.29, 0.717) is 5.92 Å². The summed E-state index contributed by atoms with van der Waals surface area (Å²) in [5.41, 5.74) is 1.14. The molecule has 1 aromatic rings. The molecule has 0 unspecified atom stereocenters. The van der Waals surface area contributed by atoms with Gasteiger partial charge >= 0.3 is 0 Å². The van der Waals surface area contributed by atoms with E-state index in [0.717, 1.165) is 5.56 Å². The van der Waals surface area contributed by atoms with Gasteiger partial charge in [-0.1, -0.05) is 30.0 Å². The highest BCUT2D eigenvalue weighted by atomic mass is 14.2. The van der Waals surface area contributed by atoms with Gasteiger partial charge in [-0.2, -0.15) is 0 Å². The van der Waals surface area contributed by atoms with Crippen LogP contribution in [0.25, 0.3) is 0 Å². The molecule has 13 heavy (non-hydrogen) atoms. The fourth-order valence-corrected chi connectivity index (χ4v) is 0.935. The summed E-state index contributed by atoms with van der Waals surface area (Å²) >= 11 is 0. The first kappa shape index (κ1) is 9.61. The Morgan fingerprint density at radius 2 is 1.69 bits per heavy atom. The molecule has 0 nitrogen and oxygen atoms in total. The second kappa shape index (κ2) is 5.22. The van der Waals surface area contributed by atoms with Crippen LogP contribution in [-0.4, -0.2) is 0 Å². The number of rotatable bonds is 0. The minimum atomic E-state index is 0.704. The monoisotopic (exact) mass is 170 g/mol. The van der Waals surface area contributed by atoms with Crippen LogP contribution < -0.4 is 0 Å². The Hall–Kier alpha value is -1.48. The highest BCUT2D eigenvalue weighted by molar-refractivity contribution is 5.34. The van der Waals surface area contributed by atoms with E-state index in [9.17, 15) is 0 Å². The molecule has 0 saturated heterocycles. The highest BCUT2D eigenvalue weighted by Gasteiger charge is 2.17. The zero-order valence-corrected chi connectivity index (χ0v) is 7.79. The van der Waals surface area contributed by atoms with Gasteiger partial charge in [0.15, 0.2) is 0 Å². The van der Waals surface area contributed by atoms with Crippen molar-refractivity contribution in [3.8, 4) is 11.8 Å². The van der Waals surface area contributed by atoms with Crippen molar-refractivity contribution in [2.45, 2.75) is 12.8 Å². The van der Waals surface area contributed by atoms with E-state index in [2.05, 4.69) is 37.1 Å². The van der Waals surface area contributed by atoms with Crippen molar-refractivity contribution in [3.05, 3.63) is 49.1 Å². The summed E-state index contributed by atoms with van der Waals surface area (Å²) in [5, 5.41) is 0. The quantitative estimate of drug-likeness (QED) is 0.414. The van der Waals surface area contributed by atoms with E-state index >= 15 is 0 Å². The summed E-state index contributed by atoms with van der Waals surface area (Å²) in [5.74, 6) is 7.08. The average molecular weight is 170 g/mol. The Kier molecular flexibility index (Phi) is 3.85. The molecule has 1 fully saturated rings. The summed E-state index contributed by atoms with van der Waals surface area (Å²) in [7, 11) is 0. The van der Waals surface area contributed by atoms with Crippen LogP contribution in [0.4, 0.5) is 0 Å². The van der Waals surface area contributed by atoms with Crippen molar-refractivity contribution in [3.63, 3.8) is 0 Å². The summed E-state index contributed by atoms with van der Waals surface area (Å²) in [6.45, 7) is 6.00. The topological polar surface area (TPSA) is 0 Å². The Bertz CT molecular complexity index is 296. The zero-order chi connectivity index (χ0) is 9.52. The van der Waals surface area contributed by atoms with Crippen LogP contribution in [0.5, 0.6) is 0 Å². The lowest BCUT2D eigenvalue weighted by Gasteiger charge is -1.84. The van der Waals surface area contributed by atoms with E-state index < -0.39 is 0 Å². The molecule has 0 aliphatic heterocycles. The first-order valence-corrected chi connectivity index (χ1v) is 4.52. The number of hydrogen-bond donors (Lipinski definition) is 0. The number of benzene rings is 1. The van der Waals surface area contributed by atoms with Gasteiger partial charge in [-0.3, -0.25) is 0 Å². The standard InChI is InChI=1S/C11H10.C2H4/c1-2-4-10(5-3-1)6-7-11-8-9-11;1-2/h1-5,11H,8-9H2;1-2H2. The molecular formula is C13H14. The average Bonchev–Trinajstić information content (AvgIpc) is 3.03. The summed E-state index contributed by atoms with van der Waals surface area (Å²) in [6, 6.07) is 10.2. The predicted molar refractivity (Wildman–Crippen MR) is 57.3 cm³/mol. The van der Waals surface area contributed by atoms with Crippen molar-refractivity contribution >= 4 is 0 Å². The van der Waals surface area contributed by atoms with E-state index in [1.807, 2.05) is 18.2 Å². The van der Waals surface area contributed by atoms with Gasteiger partial charge in [-0.15, -0.1) is 13.2 Å². The number of hydrogen-bond acceptors (Lipinski definition) is 0. The lowest BCUT2D eigenvalue weighted by Crippen LogP contribution is -1.71. The first-order chi connectivity index (χ1) is 6.45. The van der Waals surface area contributed by atoms with Crippen LogP contribution in [0.2, 0.25) is 0 Å². The normalized spacial score (nSPS) is 13.2. The van der Waals surface area contributed by atoms with Gasteiger partial charge < -0.3 is 0 Å². The lowest BCUT2D eigenvalue weighted by atomic mass is 10.2. The van der Waals surface area contributed by atoms with E-state index in [-0.39, 0.29) is 0 Å². The van der Waals surface area contributed by atoms with Gasteiger partial charge in [0, 0.05) is 11.5 Å². The SMILES string of the molecule is C(#CC1CC1)c1ccccc1.C=C. The molecule has 1 aromatic carbocycles. The molecule has 0 aromatic heterocycles. The molecule has 0 atom stereocenters. The van der Waals surface area contributed by atoms with E-state index in [4.69, 9.17) is 0 Å². The molecule has 0 spiro atoms. The van der Waals surface area contributed by atoms with Crippen LogP contribution in [0, 0.1) is 17.8 Å². The summed E-state index contributed by atoms with van der Waals surface area (Å²) in [6.07, 6.45) is 2.61. The molecule has 0 heteroatoms. The zero-order valence-electron chi connectivity index (χ0n) is 7.79. The maximum Gasteiger partial charge on any atom is 0.0245 e. The van der Waals surface area contributed by atoms with Crippen molar-refractivity contribution in [2.75, 3.05) is 0 Å². The molecule has 0 bridgehead atoms. The third kappa shape index (κ3) is 3.62. The van der Waals surface area contributed by atoms with Gasteiger partial charge in [-0.05, 0) is 25.0 Å². The summed E-state index contributed by atoms with van der Waals surface area (Å²) in [4.78, 5) is 0. The molecule has 2 rings (SSSR count). The van der Waals surface area contributed by atoms with E-state index in [1.54, 1.807) is 0 Å². The molecule has 0 radical (unpaired) electrons. The molecule has 1 aliphatic carbocycles. The molecule has 0 amide bonds. The highest BCUT2D eigenvalue weighted by Crippen LogP contribution is 2.27. The van der Waals surface area contributed by atoms with Crippen molar-refractivity contribution in [2.24, 2.45) is 5.92 Å². The molecule has 1 saturated carbocycles. The minimum Gasteiger partial charge on any atom is -0.106 e. The summed E-state index contributed by atoms with van der Waals surface area (Å²) < 4.78 is 0. The maximum atomic E-state index is 3.22. The second-order valence-corrected chi connectivity index (χ2v) is 2.91. The lowest BCUT2D eigenvalue weighted by molar-refractivity contribution is 1.18. The molecular weight excluding hydrogens is 156 g/mol. The first-order valence-electron chi connectivity index (χ1n) is 4.52. The Morgan fingerprint density at radius 1 is 1.08 bits per heavy atom. The van der Waals surface area contributed by atoms with Crippen LogP contribution in [0.3, 0.4) is 0 Å². The van der Waals surface area contributed by atoms with Gasteiger partial charge in [0.05, 0.1) is 0 Å². The molecule has 0 N–H and O–H groups in total. The predicted octanol–water partition coefficient (Wildman–Crippen LogP) is 3.25. The molecule has 1 aliphatic rings. The third-order valence-corrected chi connectivity index (χ3v) is 1.77. The minimum absolute atomic E-state index is 0.704. The van der Waals surface area contributed by atoms with Crippen molar-refractivity contribution < 1.29 is 0 Å². The van der Waals surface area contributed by atoms with Crippen molar-refractivity contribution in [1.29, 1.82) is 0 Å². The van der Waals surface area contributed by atoms with Crippen LogP contribution >= 0.6 is 0 Å². The molecule has 66 valence electrons. The van der Waals surface area contributed by atoms with Crippen LogP contribution in [-0.2, 0) is 0 Å². The Labute approximate surface area is 80.3 Å². The Morgan fingerprint density at radius 3 is 2.23 bits per heavy atom.